The predicted molar refractivity (Wildman–Crippen MR) is 114 cm³/mol. The quantitative estimate of drug-likeness (QED) is 0.461. The van der Waals surface area contributed by atoms with Crippen molar-refractivity contribution in [1.82, 2.24) is 4.98 Å². The van der Waals surface area contributed by atoms with Crippen molar-refractivity contribution in [1.29, 1.82) is 0 Å². The minimum atomic E-state index is -0.466. The van der Waals surface area contributed by atoms with Crippen molar-refractivity contribution in [2.24, 2.45) is 0 Å². The molecule has 3 aromatic carbocycles. The fourth-order valence-corrected chi connectivity index (χ4v) is 3.37. The number of hydrogen-bond acceptors (Lipinski definition) is 3. The lowest BCUT2D eigenvalue weighted by Crippen LogP contribution is -2.16. The number of benzene rings is 3. The second-order valence-electron chi connectivity index (χ2n) is 6.52. The highest BCUT2D eigenvalue weighted by Gasteiger charge is 2.18. The third-order valence-electron chi connectivity index (χ3n) is 4.71. The Bertz CT molecular complexity index is 1190. The molecule has 0 unspecified atom stereocenters. The number of carbonyl (C=O) groups excluding carboxylic acids is 2. The Morgan fingerprint density at radius 2 is 1.59 bits per heavy atom. The zero-order chi connectivity index (χ0) is 20.2. The number of H-pyrrole nitrogens is 1. The van der Waals surface area contributed by atoms with E-state index in [0.717, 1.165) is 22.0 Å². The lowest BCUT2D eigenvalue weighted by atomic mass is 10.0. The minimum absolute atomic E-state index is 0.268. The van der Waals surface area contributed by atoms with E-state index in [1.165, 1.54) is 0 Å². The van der Waals surface area contributed by atoms with Crippen LogP contribution in [-0.4, -0.2) is 23.5 Å². The third-order valence-corrected chi connectivity index (χ3v) is 4.71. The SMILES string of the molecule is CCOC(=O)c1ccccc1NC(=O)c1ccccc1-c1[nH]cc2ccccc12. The van der Waals surface area contributed by atoms with Gasteiger partial charge >= 0.3 is 5.97 Å². The summed E-state index contributed by atoms with van der Waals surface area (Å²) < 4.78 is 5.09. The summed E-state index contributed by atoms with van der Waals surface area (Å²) in [5.74, 6) is -0.761. The summed E-state index contributed by atoms with van der Waals surface area (Å²) in [5, 5.41) is 4.98. The van der Waals surface area contributed by atoms with Gasteiger partial charge in [0.05, 0.1) is 23.6 Å². The van der Waals surface area contributed by atoms with Gasteiger partial charge in [-0.2, -0.15) is 0 Å². The summed E-state index contributed by atoms with van der Waals surface area (Å²) in [6, 6.07) is 22.2. The molecule has 0 spiro atoms. The van der Waals surface area contributed by atoms with Crippen molar-refractivity contribution in [2.75, 3.05) is 11.9 Å². The molecule has 4 aromatic rings. The van der Waals surface area contributed by atoms with Gasteiger partial charge in [-0.1, -0.05) is 54.6 Å². The summed E-state index contributed by atoms with van der Waals surface area (Å²) in [7, 11) is 0. The predicted octanol–water partition coefficient (Wildman–Crippen LogP) is 5.26. The van der Waals surface area contributed by atoms with Crippen LogP contribution in [-0.2, 0) is 4.74 Å². The number of para-hydroxylation sites is 1. The molecule has 0 radical (unpaired) electrons. The Morgan fingerprint density at radius 1 is 0.897 bits per heavy atom. The Morgan fingerprint density at radius 3 is 2.41 bits per heavy atom. The molecule has 1 aromatic heterocycles. The summed E-state index contributed by atoms with van der Waals surface area (Å²) >= 11 is 0. The highest BCUT2D eigenvalue weighted by Crippen LogP contribution is 2.30. The van der Waals surface area contributed by atoms with E-state index in [9.17, 15) is 9.59 Å². The molecule has 5 nitrogen and oxygen atoms in total. The van der Waals surface area contributed by atoms with E-state index >= 15 is 0 Å². The van der Waals surface area contributed by atoms with E-state index in [0.29, 0.717) is 16.8 Å². The van der Waals surface area contributed by atoms with Gasteiger partial charge in [0, 0.05) is 22.7 Å². The number of esters is 1. The number of anilines is 1. The van der Waals surface area contributed by atoms with Gasteiger partial charge in [-0.25, -0.2) is 4.79 Å². The molecule has 29 heavy (non-hydrogen) atoms. The molecule has 5 heteroatoms. The number of rotatable bonds is 5. The summed E-state index contributed by atoms with van der Waals surface area (Å²) in [5.41, 5.74) is 2.93. The Labute approximate surface area is 168 Å². The van der Waals surface area contributed by atoms with Crippen molar-refractivity contribution in [3.05, 3.63) is 90.1 Å². The van der Waals surface area contributed by atoms with Crippen LogP contribution in [0.2, 0.25) is 0 Å². The molecule has 0 saturated heterocycles. The molecule has 1 heterocycles. The van der Waals surface area contributed by atoms with Crippen LogP contribution in [0, 0.1) is 0 Å². The molecule has 0 fully saturated rings. The fraction of sp³-hybridized carbons (Fsp3) is 0.0833. The van der Waals surface area contributed by atoms with Gasteiger partial charge in [0.1, 0.15) is 0 Å². The van der Waals surface area contributed by atoms with Crippen LogP contribution in [0.15, 0.2) is 79.0 Å². The van der Waals surface area contributed by atoms with E-state index < -0.39 is 5.97 Å². The average molecular weight is 384 g/mol. The van der Waals surface area contributed by atoms with Gasteiger partial charge in [-0.05, 0) is 30.5 Å². The summed E-state index contributed by atoms with van der Waals surface area (Å²) in [4.78, 5) is 28.6. The highest BCUT2D eigenvalue weighted by molar-refractivity contribution is 6.12. The standard InChI is InChI=1S/C24H20N2O3/c1-2-29-24(28)20-13-7-8-14-21(20)26-23(27)19-12-6-5-11-18(19)22-17-10-4-3-9-16(17)15-25-22/h3-15,25H,2H2,1H3,(H,26,27). The number of amides is 1. The van der Waals surface area contributed by atoms with Gasteiger partial charge in [-0.15, -0.1) is 0 Å². The zero-order valence-electron chi connectivity index (χ0n) is 15.9. The van der Waals surface area contributed by atoms with E-state index in [4.69, 9.17) is 4.74 Å². The monoisotopic (exact) mass is 384 g/mol. The zero-order valence-corrected chi connectivity index (χ0v) is 15.9. The molecule has 0 aliphatic rings. The second-order valence-corrected chi connectivity index (χ2v) is 6.52. The first-order valence-electron chi connectivity index (χ1n) is 9.42. The molecule has 0 bridgehead atoms. The second kappa shape index (κ2) is 8.02. The summed E-state index contributed by atoms with van der Waals surface area (Å²) in [6.07, 6.45) is 1.93. The van der Waals surface area contributed by atoms with Gasteiger partial charge in [0.15, 0.2) is 0 Å². The minimum Gasteiger partial charge on any atom is -0.462 e. The number of aromatic amines is 1. The van der Waals surface area contributed by atoms with Crippen molar-refractivity contribution in [2.45, 2.75) is 6.92 Å². The van der Waals surface area contributed by atoms with Crippen LogP contribution in [0.5, 0.6) is 0 Å². The Kier molecular flexibility index (Phi) is 5.12. The van der Waals surface area contributed by atoms with Crippen LogP contribution >= 0.6 is 0 Å². The number of fused-ring (bicyclic) bond motifs is 1. The van der Waals surface area contributed by atoms with Crippen LogP contribution in [0.1, 0.15) is 27.6 Å². The van der Waals surface area contributed by atoms with Crippen LogP contribution in [0.3, 0.4) is 0 Å². The molecule has 0 aliphatic heterocycles. The number of carbonyl (C=O) groups is 2. The Hall–Kier alpha value is -3.86. The molecule has 0 aliphatic carbocycles. The Balaban J connectivity index is 1.71. The van der Waals surface area contributed by atoms with Crippen LogP contribution < -0.4 is 5.32 Å². The first-order valence-corrected chi connectivity index (χ1v) is 9.42. The lowest BCUT2D eigenvalue weighted by Gasteiger charge is -2.12. The van der Waals surface area contributed by atoms with Gasteiger partial charge in [-0.3, -0.25) is 4.79 Å². The molecule has 0 atom stereocenters. The molecular formula is C24H20N2O3. The topological polar surface area (TPSA) is 71.2 Å². The van der Waals surface area contributed by atoms with Gasteiger partial charge in [0.25, 0.3) is 5.91 Å². The van der Waals surface area contributed by atoms with E-state index in [1.807, 2.05) is 48.7 Å². The molecule has 4 rings (SSSR count). The molecule has 2 N–H and O–H groups in total. The van der Waals surface area contributed by atoms with Crippen molar-refractivity contribution >= 4 is 28.3 Å². The maximum absolute atomic E-state index is 13.1. The number of aromatic nitrogens is 1. The lowest BCUT2D eigenvalue weighted by molar-refractivity contribution is 0.0527. The van der Waals surface area contributed by atoms with E-state index in [-0.39, 0.29) is 12.5 Å². The number of nitrogens with one attached hydrogen (secondary N) is 2. The van der Waals surface area contributed by atoms with Gasteiger partial charge in [0.2, 0.25) is 0 Å². The van der Waals surface area contributed by atoms with Crippen LogP contribution in [0.25, 0.3) is 22.0 Å². The molecule has 0 saturated carbocycles. The number of ether oxygens (including phenoxy) is 1. The van der Waals surface area contributed by atoms with E-state index in [2.05, 4.69) is 10.3 Å². The fourth-order valence-electron chi connectivity index (χ4n) is 3.37. The van der Waals surface area contributed by atoms with Crippen molar-refractivity contribution in [3.63, 3.8) is 0 Å². The molecule has 144 valence electrons. The number of hydrogen-bond donors (Lipinski definition) is 2. The normalized spacial score (nSPS) is 10.7. The van der Waals surface area contributed by atoms with E-state index in [1.54, 1.807) is 37.3 Å². The maximum Gasteiger partial charge on any atom is 0.340 e. The average Bonchev–Trinajstić information content (AvgIpc) is 3.18. The molecule has 1 amide bonds. The first kappa shape index (κ1) is 18.5. The largest absolute Gasteiger partial charge is 0.462 e. The van der Waals surface area contributed by atoms with Crippen molar-refractivity contribution < 1.29 is 14.3 Å². The summed E-state index contributed by atoms with van der Waals surface area (Å²) in [6.45, 7) is 2.01. The highest BCUT2D eigenvalue weighted by atomic mass is 16.5. The van der Waals surface area contributed by atoms with Crippen LogP contribution in [0.4, 0.5) is 5.69 Å². The third kappa shape index (κ3) is 3.62. The van der Waals surface area contributed by atoms with Crippen molar-refractivity contribution in [3.8, 4) is 11.3 Å². The van der Waals surface area contributed by atoms with Gasteiger partial charge < -0.3 is 15.0 Å². The smallest absolute Gasteiger partial charge is 0.340 e. The first-order chi connectivity index (χ1) is 14.2. The maximum atomic E-state index is 13.1. The molecular weight excluding hydrogens is 364 g/mol.